The topological polar surface area (TPSA) is 75.2 Å². The Morgan fingerprint density at radius 1 is 1.50 bits per heavy atom. The molecule has 1 saturated heterocycles. The third kappa shape index (κ3) is 2.12. The maximum absolute atomic E-state index is 5.62. The molecule has 7 heteroatoms. The molecule has 3 heterocycles. The summed E-state index contributed by atoms with van der Waals surface area (Å²) in [4.78, 5) is 4.54. The third-order valence-corrected chi connectivity index (χ3v) is 3.64. The molecule has 0 saturated carbocycles. The van der Waals surface area contributed by atoms with Crippen molar-refractivity contribution in [2.24, 2.45) is 0 Å². The van der Waals surface area contributed by atoms with E-state index in [1.807, 2.05) is 12.3 Å². The van der Waals surface area contributed by atoms with Gasteiger partial charge in [0.25, 0.3) is 0 Å². The highest BCUT2D eigenvalue weighted by molar-refractivity contribution is 7.09. The Balaban J connectivity index is 1.77. The van der Waals surface area contributed by atoms with Crippen LogP contribution >= 0.6 is 11.3 Å². The number of aromatic nitrogens is 3. The van der Waals surface area contributed by atoms with Crippen molar-refractivity contribution in [2.75, 3.05) is 18.9 Å². The Labute approximate surface area is 108 Å². The largest absolute Gasteiger partial charge is 0.396 e. The van der Waals surface area contributed by atoms with Crippen LogP contribution in [-0.2, 0) is 21.8 Å². The zero-order valence-electron chi connectivity index (χ0n) is 10.00. The summed E-state index contributed by atoms with van der Waals surface area (Å²) in [6.07, 6.45) is 3.41. The first kappa shape index (κ1) is 11.6. The van der Waals surface area contributed by atoms with Crippen molar-refractivity contribution in [1.82, 2.24) is 14.8 Å². The van der Waals surface area contributed by atoms with E-state index in [0.29, 0.717) is 25.4 Å². The van der Waals surface area contributed by atoms with E-state index in [9.17, 15) is 0 Å². The standard InChI is InChI=1S/C11H14N4O2S/c1-11(16-2-3-17-11)9-7-18-10(14-9)6-15-5-8(12)4-13-15/h4-5,7H,2-3,6,12H2,1H3. The van der Waals surface area contributed by atoms with Crippen molar-refractivity contribution in [1.29, 1.82) is 0 Å². The number of nitrogens with two attached hydrogens (primary N) is 1. The average Bonchev–Trinajstić information content (AvgIpc) is 3.02. The molecule has 2 N–H and O–H groups in total. The van der Waals surface area contributed by atoms with Crippen LogP contribution in [0.3, 0.4) is 0 Å². The predicted molar refractivity (Wildman–Crippen MR) is 67.1 cm³/mol. The number of thiazole rings is 1. The fourth-order valence-corrected chi connectivity index (χ4v) is 2.73. The highest BCUT2D eigenvalue weighted by Gasteiger charge is 2.35. The molecule has 0 atom stereocenters. The lowest BCUT2D eigenvalue weighted by Gasteiger charge is -2.19. The molecule has 0 amide bonds. The van der Waals surface area contributed by atoms with Crippen molar-refractivity contribution in [3.8, 4) is 0 Å². The molecule has 0 aromatic carbocycles. The lowest BCUT2D eigenvalue weighted by atomic mass is 10.2. The lowest BCUT2D eigenvalue weighted by molar-refractivity contribution is -0.152. The Morgan fingerprint density at radius 3 is 2.94 bits per heavy atom. The van der Waals surface area contributed by atoms with E-state index in [4.69, 9.17) is 15.2 Å². The van der Waals surface area contributed by atoms with Gasteiger partial charge in [-0.05, 0) is 6.92 Å². The van der Waals surface area contributed by atoms with Crippen LogP contribution in [0.25, 0.3) is 0 Å². The molecule has 0 unspecified atom stereocenters. The van der Waals surface area contributed by atoms with Crippen LogP contribution in [0, 0.1) is 0 Å². The van der Waals surface area contributed by atoms with E-state index in [-0.39, 0.29) is 0 Å². The van der Waals surface area contributed by atoms with E-state index >= 15 is 0 Å². The van der Waals surface area contributed by atoms with Crippen molar-refractivity contribution >= 4 is 17.0 Å². The number of anilines is 1. The SMILES string of the molecule is CC1(c2csc(Cn3cc(N)cn3)n2)OCCO1. The molecule has 6 nitrogen and oxygen atoms in total. The van der Waals surface area contributed by atoms with Gasteiger partial charge in [0, 0.05) is 11.6 Å². The maximum atomic E-state index is 5.62. The second kappa shape index (κ2) is 4.34. The molecule has 3 rings (SSSR count). The molecule has 96 valence electrons. The summed E-state index contributed by atoms with van der Waals surface area (Å²) in [7, 11) is 0. The van der Waals surface area contributed by atoms with Gasteiger partial charge in [-0.15, -0.1) is 11.3 Å². The van der Waals surface area contributed by atoms with Crippen molar-refractivity contribution in [3.05, 3.63) is 28.5 Å². The molecule has 2 aromatic rings. The van der Waals surface area contributed by atoms with Gasteiger partial charge in [-0.1, -0.05) is 0 Å². The van der Waals surface area contributed by atoms with Gasteiger partial charge in [-0.3, -0.25) is 4.68 Å². The normalized spacial score (nSPS) is 18.3. The smallest absolute Gasteiger partial charge is 0.210 e. The zero-order valence-corrected chi connectivity index (χ0v) is 10.8. The Bertz CT molecular complexity index is 545. The number of hydrogen-bond acceptors (Lipinski definition) is 6. The minimum atomic E-state index is -0.697. The number of rotatable bonds is 3. The van der Waals surface area contributed by atoms with Crippen molar-refractivity contribution in [2.45, 2.75) is 19.3 Å². The van der Waals surface area contributed by atoms with Crippen LogP contribution < -0.4 is 5.73 Å². The van der Waals surface area contributed by atoms with Gasteiger partial charge >= 0.3 is 0 Å². The van der Waals surface area contributed by atoms with Crippen LogP contribution in [0.2, 0.25) is 0 Å². The molecule has 0 bridgehead atoms. The van der Waals surface area contributed by atoms with Gasteiger partial charge in [-0.2, -0.15) is 5.10 Å². The molecule has 2 aromatic heterocycles. The highest BCUT2D eigenvalue weighted by atomic mass is 32.1. The second-order valence-corrected chi connectivity index (χ2v) is 5.18. The molecule has 18 heavy (non-hydrogen) atoms. The van der Waals surface area contributed by atoms with E-state index in [1.165, 1.54) is 0 Å². The van der Waals surface area contributed by atoms with Gasteiger partial charge in [0.05, 0.1) is 31.6 Å². The quantitative estimate of drug-likeness (QED) is 0.903. The molecule has 1 aliphatic heterocycles. The summed E-state index contributed by atoms with van der Waals surface area (Å²) in [5.74, 6) is -0.697. The summed E-state index contributed by atoms with van der Waals surface area (Å²) in [6.45, 7) is 3.72. The van der Waals surface area contributed by atoms with Gasteiger partial charge in [0.2, 0.25) is 5.79 Å². The molecular weight excluding hydrogens is 252 g/mol. The van der Waals surface area contributed by atoms with Crippen LogP contribution in [0.1, 0.15) is 17.6 Å². The van der Waals surface area contributed by atoms with E-state index in [0.717, 1.165) is 10.7 Å². The van der Waals surface area contributed by atoms with E-state index in [1.54, 1.807) is 28.4 Å². The fourth-order valence-electron chi connectivity index (χ4n) is 1.86. The summed E-state index contributed by atoms with van der Waals surface area (Å²) in [5.41, 5.74) is 7.09. The fraction of sp³-hybridized carbons (Fsp3) is 0.455. The Morgan fingerprint density at radius 2 is 2.28 bits per heavy atom. The monoisotopic (exact) mass is 266 g/mol. The third-order valence-electron chi connectivity index (χ3n) is 2.81. The summed E-state index contributed by atoms with van der Waals surface area (Å²) < 4.78 is 12.9. The van der Waals surface area contributed by atoms with Crippen molar-refractivity contribution < 1.29 is 9.47 Å². The van der Waals surface area contributed by atoms with Crippen molar-refractivity contribution in [3.63, 3.8) is 0 Å². The number of hydrogen-bond donors (Lipinski definition) is 1. The number of nitrogen functional groups attached to an aromatic ring is 1. The van der Waals surface area contributed by atoms with Crippen LogP contribution in [0.5, 0.6) is 0 Å². The van der Waals surface area contributed by atoms with Crippen LogP contribution in [0.15, 0.2) is 17.8 Å². The van der Waals surface area contributed by atoms with E-state index < -0.39 is 5.79 Å². The van der Waals surface area contributed by atoms with Gasteiger partial charge in [-0.25, -0.2) is 4.98 Å². The van der Waals surface area contributed by atoms with E-state index in [2.05, 4.69) is 10.1 Å². The Hall–Kier alpha value is -1.44. The first-order valence-electron chi connectivity index (χ1n) is 5.66. The predicted octanol–water partition coefficient (Wildman–Crippen LogP) is 1.19. The first-order valence-corrected chi connectivity index (χ1v) is 6.54. The average molecular weight is 266 g/mol. The van der Waals surface area contributed by atoms with Crippen LogP contribution in [-0.4, -0.2) is 28.0 Å². The number of ether oxygens (including phenoxy) is 2. The maximum Gasteiger partial charge on any atom is 0.210 e. The molecule has 0 aliphatic carbocycles. The first-order chi connectivity index (χ1) is 8.66. The van der Waals surface area contributed by atoms with Gasteiger partial charge in [0.15, 0.2) is 0 Å². The second-order valence-electron chi connectivity index (χ2n) is 4.24. The highest BCUT2D eigenvalue weighted by Crippen LogP contribution is 2.31. The minimum absolute atomic E-state index is 0.609. The summed E-state index contributed by atoms with van der Waals surface area (Å²) in [6, 6.07) is 0. The lowest BCUT2D eigenvalue weighted by Crippen LogP contribution is -2.22. The van der Waals surface area contributed by atoms with Crippen LogP contribution in [0.4, 0.5) is 5.69 Å². The molecular formula is C11H14N4O2S. The summed E-state index contributed by atoms with van der Waals surface area (Å²) >= 11 is 1.57. The molecule has 1 fully saturated rings. The number of nitrogens with zero attached hydrogens (tertiary/aromatic N) is 3. The molecule has 0 spiro atoms. The summed E-state index contributed by atoms with van der Waals surface area (Å²) in [5, 5.41) is 7.05. The van der Waals surface area contributed by atoms with Gasteiger partial charge in [0.1, 0.15) is 10.7 Å². The molecule has 1 aliphatic rings. The minimum Gasteiger partial charge on any atom is -0.396 e. The Kier molecular flexibility index (Phi) is 2.81. The zero-order chi connectivity index (χ0) is 12.6. The van der Waals surface area contributed by atoms with Gasteiger partial charge < -0.3 is 15.2 Å². The molecule has 0 radical (unpaired) electrons.